The summed E-state index contributed by atoms with van der Waals surface area (Å²) < 4.78 is 16.2. The first-order chi connectivity index (χ1) is 13.3. The minimum absolute atomic E-state index is 0.0220. The number of piperidine rings is 2. The van der Waals surface area contributed by atoms with Gasteiger partial charge in [-0.15, -0.1) is 0 Å². The molecule has 2 aromatic rings. The van der Waals surface area contributed by atoms with Crippen molar-refractivity contribution in [2.45, 2.75) is 64.0 Å². The quantitative estimate of drug-likeness (QED) is 0.794. The maximum absolute atomic E-state index is 14.5. The van der Waals surface area contributed by atoms with E-state index in [0.29, 0.717) is 16.6 Å². The molecule has 6 rings (SSSR count). The number of nitrogens with zero attached hydrogens (tertiary/aromatic N) is 4. The molecule has 6 heteroatoms. The molecule has 3 unspecified atom stereocenters. The van der Waals surface area contributed by atoms with Crippen LogP contribution in [0.5, 0.6) is 0 Å². The van der Waals surface area contributed by atoms with E-state index in [4.69, 9.17) is 0 Å². The first-order valence-corrected chi connectivity index (χ1v) is 10.1. The minimum Gasteiger partial charge on any atom is -0.336 e. The van der Waals surface area contributed by atoms with E-state index in [0.717, 1.165) is 32.1 Å². The normalized spacial score (nSPS) is 34.6. The molecular weight excluding hydrogens is 355 g/mol. The third-order valence-electron chi connectivity index (χ3n) is 7.39. The van der Waals surface area contributed by atoms with Crippen molar-refractivity contribution in [1.29, 1.82) is 5.26 Å². The van der Waals surface area contributed by atoms with Crippen LogP contribution in [0, 0.1) is 28.0 Å². The van der Waals surface area contributed by atoms with E-state index in [-0.39, 0.29) is 34.6 Å². The second kappa shape index (κ2) is 5.56. The third-order valence-corrected chi connectivity index (χ3v) is 7.39. The van der Waals surface area contributed by atoms with Crippen LogP contribution in [-0.4, -0.2) is 32.7 Å². The van der Waals surface area contributed by atoms with Gasteiger partial charge >= 0.3 is 0 Å². The smallest absolute Gasteiger partial charge is 0.232 e. The number of hydrogen-bond donors (Lipinski definition) is 0. The van der Waals surface area contributed by atoms with Gasteiger partial charge in [-0.1, -0.05) is 13.0 Å². The van der Waals surface area contributed by atoms with Crippen LogP contribution in [0.3, 0.4) is 0 Å². The van der Waals surface area contributed by atoms with Crippen LogP contribution >= 0.6 is 0 Å². The lowest BCUT2D eigenvalue weighted by atomic mass is 9.50. The molecule has 2 aliphatic carbocycles. The zero-order valence-corrected chi connectivity index (χ0v) is 16.6. The Morgan fingerprint density at radius 3 is 2.64 bits per heavy atom. The number of hydrogen-bond acceptors (Lipinski definition) is 3. The van der Waals surface area contributed by atoms with Gasteiger partial charge in [0, 0.05) is 19.1 Å². The second-order valence-corrected chi connectivity index (χ2v) is 9.61. The number of carbonyl (C=O) groups excluding carboxylic acids is 1. The van der Waals surface area contributed by atoms with Gasteiger partial charge in [0.25, 0.3) is 0 Å². The fraction of sp³-hybridized carbons (Fsp3) is 0.591. The molecule has 1 amide bonds. The Kier molecular flexibility index (Phi) is 3.51. The summed E-state index contributed by atoms with van der Waals surface area (Å²) in [6.07, 6.45) is 4.42. The number of aryl methyl sites for hydroxylation is 1. The van der Waals surface area contributed by atoms with E-state index in [2.05, 4.69) is 18.1 Å². The summed E-state index contributed by atoms with van der Waals surface area (Å²) in [7, 11) is 1.78. The molecule has 2 saturated carbocycles. The standard InChI is InChI=1S/C22H25FN4O/c1-13(19-18-16(23)5-4-6-17(18)26(3)25-19)20(28)27-14-7-21(2)8-15(27)10-22(9-14,11-21)12-24/h4-6,13-15H,7-11H2,1-3H3. The van der Waals surface area contributed by atoms with E-state index in [9.17, 15) is 14.4 Å². The van der Waals surface area contributed by atoms with Crippen molar-refractivity contribution in [1.82, 2.24) is 14.7 Å². The fourth-order valence-corrected chi connectivity index (χ4v) is 6.58. The number of halogens is 1. The monoisotopic (exact) mass is 380 g/mol. The van der Waals surface area contributed by atoms with Crippen molar-refractivity contribution in [3.63, 3.8) is 0 Å². The fourth-order valence-electron chi connectivity index (χ4n) is 6.58. The number of aromatic nitrogens is 2. The maximum atomic E-state index is 14.5. The summed E-state index contributed by atoms with van der Waals surface area (Å²) in [5.41, 5.74) is 1.09. The van der Waals surface area contributed by atoms with Gasteiger partial charge in [0.15, 0.2) is 0 Å². The third kappa shape index (κ3) is 2.28. The molecule has 4 aliphatic rings. The molecule has 5 nitrogen and oxygen atoms in total. The van der Waals surface area contributed by atoms with E-state index in [1.807, 2.05) is 17.9 Å². The first kappa shape index (κ1) is 17.7. The van der Waals surface area contributed by atoms with Crippen LogP contribution < -0.4 is 0 Å². The van der Waals surface area contributed by atoms with Crippen molar-refractivity contribution in [3.05, 3.63) is 29.7 Å². The summed E-state index contributed by atoms with van der Waals surface area (Å²) in [5, 5.41) is 14.7. The van der Waals surface area contributed by atoms with Gasteiger partial charge in [-0.3, -0.25) is 9.48 Å². The highest BCUT2D eigenvalue weighted by Gasteiger charge is 2.60. The maximum Gasteiger partial charge on any atom is 0.232 e. The summed E-state index contributed by atoms with van der Waals surface area (Å²) in [4.78, 5) is 15.6. The summed E-state index contributed by atoms with van der Waals surface area (Å²) >= 11 is 0. The van der Waals surface area contributed by atoms with Crippen LogP contribution in [0.4, 0.5) is 4.39 Å². The zero-order valence-electron chi connectivity index (χ0n) is 16.6. The van der Waals surface area contributed by atoms with Crippen molar-refractivity contribution in [2.24, 2.45) is 17.9 Å². The Morgan fingerprint density at radius 2 is 2.00 bits per heavy atom. The Morgan fingerprint density at radius 1 is 1.32 bits per heavy atom. The Balaban J connectivity index is 1.51. The van der Waals surface area contributed by atoms with Crippen molar-refractivity contribution in [2.75, 3.05) is 0 Å². The summed E-state index contributed by atoms with van der Waals surface area (Å²) in [6.45, 7) is 4.10. The largest absolute Gasteiger partial charge is 0.336 e. The highest BCUT2D eigenvalue weighted by atomic mass is 19.1. The average Bonchev–Trinajstić information content (AvgIpc) is 2.97. The van der Waals surface area contributed by atoms with Crippen LogP contribution in [0.2, 0.25) is 0 Å². The van der Waals surface area contributed by atoms with Crippen molar-refractivity contribution < 1.29 is 9.18 Å². The van der Waals surface area contributed by atoms with Gasteiger partial charge in [0.2, 0.25) is 5.91 Å². The highest BCUT2D eigenvalue weighted by molar-refractivity contribution is 5.91. The molecule has 1 aromatic carbocycles. The number of nitriles is 1. The lowest BCUT2D eigenvalue weighted by Gasteiger charge is -2.63. The summed E-state index contributed by atoms with van der Waals surface area (Å²) in [6, 6.07) is 7.72. The molecule has 4 fully saturated rings. The van der Waals surface area contributed by atoms with E-state index < -0.39 is 5.92 Å². The molecule has 146 valence electrons. The van der Waals surface area contributed by atoms with Crippen LogP contribution in [0.25, 0.3) is 10.9 Å². The Hall–Kier alpha value is -2.42. The van der Waals surface area contributed by atoms with E-state index >= 15 is 0 Å². The predicted molar refractivity (Wildman–Crippen MR) is 103 cm³/mol. The number of benzene rings is 1. The molecule has 3 heterocycles. The minimum atomic E-state index is -0.510. The number of fused-ring (bicyclic) bond motifs is 1. The zero-order chi connectivity index (χ0) is 19.8. The SMILES string of the molecule is CC(C(=O)N1C2CC3(C)CC1CC(C#N)(C2)C3)c1nn(C)c2cccc(F)c12. The molecular formula is C22H25FN4O. The van der Waals surface area contributed by atoms with Gasteiger partial charge in [-0.25, -0.2) is 4.39 Å². The molecule has 0 radical (unpaired) electrons. The molecule has 2 saturated heterocycles. The molecule has 28 heavy (non-hydrogen) atoms. The van der Waals surface area contributed by atoms with Gasteiger partial charge in [0.05, 0.1) is 34.0 Å². The first-order valence-electron chi connectivity index (χ1n) is 10.1. The van der Waals surface area contributed by atoms with Gasteiger partial charge in [0.1, 0.15) is 5.82 Å². The Labute approximate surface area is 164 Å². The second-order valence-electron chi connectivity index (χ2n) is 9.61. The number of rotatable bonds is 2. The number of carbonyl (C=O) groups is 1. The molecule has 0 spiro atoms. The molecule has 4 bridgehead atoms. The molecule has 3 atom stereocenters. The average molecular weight is 380 g/mol. The topological polar surface area (TPSA) is 61.9 Å². The molecule has 2 aliphatic heterocycles. The van der Waals surface area contributed by atoms with Gasteiger partial charge in [-0.2, -0.15) is 10.4 Å². The lowest BCUT2D eigenvalue weighted by Crippen LogP contribution is -2.66. The summed E-state index contributed by atoms with van der Waals surface area (Å²) in [5.74, 6) is -0.825. The Bertz CT molecular complexity index is 1020. The lowest BCUT2D eigenvalue weighted by molar-refractivity contribution is -0.164. The van der Waals surface area contributed by atoms with E-state index in [1.165, 1.54) is 6.07 Å². The highest BCUT2D eigenvalue weighted by Crippen LogP contribution is 2.61. The van der Waals surface area contributed by atoms with Gasteiger partial charge < -0.3 is 4.90 Å². The molecule has 0 N–H and O–H groups in total. The van der Waals surface area contributed by atoms with Crippen molar-refractivity contribution in [3.8, 4) is 6.07 Å². The number of amides is 1. The van der Waals surface area contributed by atoms with Gasteiger partial charge in [-0.05, 0) is 56.6 Å². The van der Waals surface area contributed by atoms with Crippen LogP contribution in [0.15, 0.2) is 18.2 Å². The predicted octanol–water partition coefficient (Wildman–Crippen LogP) is 3.89. The van der Waals surface area contributed by atoms with Crippen LogP contribution in [-0.2, 0) is 11.8 Å². The molecule has 1 aromatic heterocycles. The van der Waals surface area contributed by atoms with Crippen molar-refractivity contribution >= 4 is 16.8 Å². The van der Waals surface area contributed by atoms with E-state index in [1.54, 1.807) is 17.8 Å². The van der Waals surface area contributed by atoms with Crippen LogP contribution in [0.1, 0.15) is 57.6 Å².